The lowest BCUT2D eigenvalue weighted by atomic mass is 9.66. The molecule has 1 saturated carbocycles. The van der Waals surface area contributed by atoms with Crippen molar-refractivity contribution < 1.29 is 32.6 Å². The number of hydrogen-bond acceptors (Lipinski definition) is 9. The summed E-state index contributed by atoms with van der Waals surface area (Å²) in [5.74, 6) is -1.49. The Balaban J connectivity index is 1.54. The Kier molecular flexibility index (Phi) is 8.57. The van der Waals surface area contributed by atoms with E-state index < -0.39 is 37.6 Å². The summed E-state index contributed by atoms with van der Waals surface area (Å²) in [6.07, 6.45) is 3.03. The van der Waals surface area contributed by atoms with Crippen LogP contribution in [0.15, 0.2) is 54.9 Å². The summed E-state index contributed by atoms with van der Waals surface area (Å²) in [6.45, 7) is 6.13. The van der Waals surface area contributed by atoms with E-state index in [4.69, 9.17) is 13.8 Å². The lowest BCUT2D eigenvalue weighted by molar-refractivity contribution is -0.149. The summed E-state index contributed by atoms with van der Waals surface area (Å²) >= 11 is 0. The van der Waals surface area contributed by atoms with Crippen molar-refractivity contribution in [3.05, 3.63) is 60.6 Å². The molecule has 204 valence electrons. The first-order valence-corrected chi connectivity index (χ1v) is 13.7. The number of rotatable bonds is 11. The van der Waals surface area contributed by atoms with Gasteiger partial charge in [-0.3, -0.25) is 9.32 Å². The lowest BCUT2D eigenvalue weighted by Gasteiger charge is -2.46. The highest BCUT2D eigenvalue weighted by Gasteiger charge is 2.49. The number of fused-ring (bicyclic) bond motifs is 1. The Morgan fingerprint density at radius 2 is 1.97 bits per heavy atom. The molecule has 0 spiro atoms. The molecular formula is C25H31FN5O6P. The average molecular weight is 548 g/mol. The Bertz CT molecular complexity index is 1350. The molecule has 1 aliphatic carbocycles. The standard InChI is InChI=1S/C25H31FN5O6P/c1-15(2)36-25(33)17(4)30-38(34,37-18-8-6-5-7-9-18)35-12-21-19(10-26)23(20(21)11-32)31-14-29-22-16(3)27-13-28-24(22)31/h5-10,13-15,17,20-21,23,32H,11-12H2,1-4H3,(H,30,34)/b19-10+/t17?,20-,21+,23-,38?/m0/s1. The Hall–Kier alpha value is -3.18. The lowest BCUT2D eigenvalue weighted by Crippen LogP contribution is -2.46. The number of carbonyl (C=O) groups excluding carboxylic acids is 1. The van der Waals surface area contributed by atoms with Crippen LogP contribution in [0.25, 0.3) is 11.2 Å². The molecule has 1 aliphatic rings. The van der Waals surface area contributed by atoms with Gasteiger partial charge in [-0.05, 0) is 45.4 Å². The number of hydrogen-bond donors (Lipinski definition) is 2. The van der Waals surface area contributed by atoms with Gasteiger partial charge in [0.25, 0.3) is 0 Å². The fourth-order valence-electron chi connectivity index (χ4n) is 4.46. The van der Waals surface area contributed by atoms with E-state index in [0.717, 1.165) is 0 Å². The number of nitrogens with zero attached hydrogens (tertiary/aromatic N) is 4. The van der Waals surface area contributed by atoms with Gasteiger partial charge in [0.05, 0.1) is 37.1 Å². The third-order valence-corrected chi connectivity index (χ3v) is 7.96. The molecular weight excluding hydrogens is 516 g/mol. The fraction of sp³-hybridized carbons (Fsp3) is 0.440. The molecule has 13 heteroatoms. The van der Waals surface area contributed by atoms with Crippen LogP contribution in [0.1, 0.15) is 32.5 Å². The molecule has 0 aliphatic heterocycles. The molecule has 2 aromatic heterocycles. The monoisotopic (exact) mass is 547 g/mol. The number of nitrogens with one attached hydrogen (secondary N) is 1. The summed E-state index contributed by atoms with van der Waals surface area (Å²) in [5.41, 5.74) is 2.08. The molecule has 0 radical (unpaired) electrons. The van der Waals surface area contributed by atoms with Crippen LogP contribution in [0.5, 0.6) is 5.75 Å². The number of ether oxygens (including phenoxy) is 1. The normalized spacial score (nSPS) is 22.7. The quantitative estimate of drug-likeness (QED) is 0.269. The summed E-state index contributed by atoms with van der Waals surface area (Å²) in [7, 11) is -4.15. The molecule has 2 heterocycles. The number of benzene rings is 1. The van der Waals surface area contributed by atoms with Gasteiger partial charge in [-0.15, -0.1) is 0 Å². The maximum Gasteiger partial charge on any atom is 0.459 e. The first kappa shape index (κ1) is 27.8. The first-order valence-electron chi connectivity index (χ1n) is 12.2. The van der Waals surface area contributed by atoms with Gasteiger partial charge in [-0.25, -0.2) is 23.9 Å². The van der Waals surface area contributed by atoms with E-state index in [-0.39, 0.29) is 25.1 Å². The van der Waals surface area contributed by atoms with Gasteiger partial charge in [0.2, 0.25) is 0 Å². The second-order valence-corrected chi connectivity index (χ2v) is 11.0. The molecule has 2 N–H and O–H groups in total. The van der Waals surface area contributed by atoms with Crippen molar-refractivity contribution in [2.24, 2.45) is 11.8 Å². The molecule has 1 aromatic carbocycles. The van der Waals surface area contributed by atoms with E-state index in [1.54, 1.807) is 55.7 Å². The van der Waals surface area contributed by atoms with E-state index in [1.165, 1.54) is 19.6 Å². The summed E-state index contributed by atoms with van der Waals surface area (Å²) in [6, 6.07) is 6.74. The first-order chi connectivity index (χ1) is 18.2. The van der Waals surface area contributed by atoms with Crippen LogP contribution in [0.2, 0.25) is 0 Å². The van der Waals surface area contributed by atoms with Gasteiger partial charge < -0.3 is 18.9 Å². The second-order valence-electron chi connectivity index (χ2n) is 9.32. The third-order valence-electron chi connectivity index (χ3n) is 6.32. The largest absolute Gasteiger partial charge is 0.462 e. The molecule has 5 atom stereocenters. The molecule has 1 fully saturated rings. The van der Waals surface area contributed by atoms with Crippen molar-refractivity contribution in [2.75, 3.05) is 13.2 Å². The van der Waals surface area contributed by atoms with E-state index in [1.807, 2.05) is 0 Å². The van der Waals surface area contributed by atoms with Crippen LogP contribution >= 0.6 is 7.75 Å². The minimum Gasteiger partial charge on any atom is -0.462 e. The smallest absolute Gasteiger partial charge is 0.459 e. The predicted octanol–water partition coefficient (Wildman–Crippen LogP) is 3.90. The zero-order chi connectivity index (χ0) is 27.4. The topological polar surface area (TPSA) is 138 Å². The Labute approximate surface area is 219 Å². The summed E-state index contributed by atoms with van der Waals surface area (Å²) in [4.78, 5) is 25.1. The highest BCUT2D eigenvalue weighted by atomic mass is 31.2. The van der Waals surface area contributed by atoms with Gasteiger partial charge in [-0.2, -0.15) is 5.09 Å². The second kappa shape index (κ2) is 11.7. The minimum atomic E-state index is -4.15. The predicted molar refractivity (Wildman–Crippen MR) is 137 cm³/mol. The van der Waals surface area contributed by atoms with Gasteiger partial charge in [0, 0.05) is 18.4 Å². The molecule has 0 bridgehead atoms. The molecule has 38 heavy (non-hydrogen) atoms. The van der Waals surface area contributed by atoms with Crippen molar-refractivity contribution in [1.82, 2.24) is 24.6 Å². The number of aryl methyl sites for hydroxylation is 1. The number of aliphatic hydroxyl groups is 1. The highest BCUT2D eigenvalue weighted by Crippen LogP contribution is 2.53. The van der Waals surface area contributed by atoms with Crippen LogP contribution in [0, 0.1) is 18.8 Å². The number of para-hydroxylation sites is 1. The van der Waals surface area contributed by atoms with Crippen molar-refractivity contribution in [2.45, 2.75) is 45.9 Å². The maximum atomic E-state index is 14.2. The van der Waals surface area contributed by atoms with Crippen molar-refractivity contribution in [1.29, 1.82) is 0 Å². The van der Waals surface area contributed by atoms with E-state index >= 15 is 0 Å². The van der Waals surface area contributed by atoms with Crippen LogP contribution in [0.4, 0.5) is 4.39 Å². The zero-order valence-corrected chi connectivity index (χ0v) is 22.4. The van der Waals surface area contributed by atoms with Crippen molar-refractivity contribution in [3.63, 3.8) is 0 Å². The fourth-order valence-corrected chi connectivity index (χ4v) is 5.98. The molecule has 4 rings (SSSR count). The van der Waals surface area contributed by atoms with Gasteiger partial charge >= 0.3 is 13.7 Å². The number of imidazole rings is 1. The highest BCUT2D eigenvalue weighted by molar-refractivity contribution is 7.52. The van der Waals surface area contributed by atoms with E-state index in [0.29, 0.717) is 28.8 Å². The van der Waals surface area contributed by atoms with Crippen LogP contribution in [-0.2, 0) is 18.6 Å². The van der Waals surface area contributed by atoms with Crippen LogP contribution < -0.4 is 9.61 Å². The SMILES string of the molecule is Cc1ncnc2c1ncn2[C@H]1/C(=C/F)[C@@H](COP(=O)(NC(C)C(=O)OC(C)C)Oc2ccccc2)[C@@H]1CO. The van der Waals surface area contributed by atoms with E-state index in [2.05, 4.69) is 20.0 Å². The number of carbonyl (C=O) groups is 1. The number of esters is 1. The number of aliphatic hydroxyl groups excluding tert-OH is 1. The molecule has 0 saturated heterocycles. The van der Waals surface area contributed by atoms with Gasteiger partial charge in [0.1, 0.15) is 23.6 Å². The molecule has 2 unspecified atom stereocenters. The molecule has 0 amide bonds. The van der Waals surface area contributed by atoms with Crippen LogP contribution in [-0.4, -0.2) is 56.0 Å². The summed E-state index contributed by atoms with van der Waals surface area (Å²) in [5, 5.41) is 12.8. The third kappa shape index (κ3) is 5.78. The van der Waals surface area contributed by atoms with Crippen molar-refractivity contribution in [3.8, 4) is 5.75 Å². The molecule has 3 aromatic rings. The van der Waals surface area contributed by atoms with Gasteiger partial charge in [-0.1, -0.05) is 18.2 Å². The minimum absolute atomic E-state index is 0.249. The molecule has 11 nitrogen and oxygen atoms in total. The van der Waals surface area contributed by atoms with E-state index in [9.17, 15) is 18.9 Å². The van der Waals surface area contributed by atoms with Crippen LogP contribution in [0.3, 0.4) is 0 Å². The Morgan fingerprint density at radius 3 is 2.63 bits per heavy atom. The zero-order valence-electron chi connectivity index (χ0n) is 21.5. The van der Waals surface area contributed by atoms with Crippen molar-refractivity contribution >= 4 is 24.9 Å². The Morgan fingerprint density at radius 1 is 1.24 bits per heavy atom. The maximum absolute atomic E-state index is 14.2. The average Bonchev–Trinajstić information content (AvgIpc) is 3.28. The number of halogens is 1. The summed E-state index contributed by atoms with van der Waals surface area (Å²) < 4.78 is 46.2. The van der Waals surface area contributed by atoms with Gasteiger partial charge in [0.15, 0.2) is 5.65 Å². The number of aromatic nitrogens is 4.